The Labute approximate surface area is 118 Å². The molecule has 2 N–H and O–H groups in total. The van der Waals surface area contributed by atoms with Crippen LogP contribution in [0.25, 0.3) is 0 Å². The highest BCUT2D eigenvalue weighted by atomic mass is 16.2. The predicted molar refractivity (Wildman–Crippen MR) is 80.0 cm³/mol. The summed E-state index contributed by atoms with van der Waals surface area (Å²) in [4.78, 5) is 16.8. The summed E-state index contributed by atoms with van der Waals surface area (Å²) >= 11 is 0. The van der Waals surface area contributed by atoms with Gasteiger partial charge in [0.25, 0.3) is 0 Å². The first-order valence-electron chi connectivity index (χ1n) is 7.77. The molecular formula is C15H31N3O. The maximum absolute atomic E-state index is 12.5. The van der Waals surface area contributed by atoms with Crippen molar-refractivity contribution in [3.8, 4) is 0 Å². The average molecular weight is 269 g/mol. The Balaban J connectivity index is 2.42. The Hall–Kier alpha value is -0.610. The normalized spacial score (nSPS) is 18.4. The standard InChI is InChI=1S/C15H31N3O/c1-5-17(6-2)11-8-12-18(7-3)14(19)15(4,16)13-9-10-13/h13H,5-12,16H2,1-4H3. The van der Waals surface area contributed by atoms with E-state index < -0.39 is 5.54 Å². The summed E-state index contributed by atoms with van der Waals surface area (Å²) in [6, 6.07) is 0. The largest absolute Gasteiger partial charge is 0.341 e. The molecule has 4 nitrogen and oxygen atoms in total. The Morgan fingerprint density at radius 1 is 1.16 bits per heavy atom. The number of carbonyl (C=O) groups excluding carboxylic acids is 1. The van der Waals surface area contributed by atoms with E-state index in [-0.39, 0.29) is 5.91 Å². The first-order valence-corrected chi connectivity index (χ1v) is 7.77. The molecule has 1 amide bonds. The summed E-state index contributed by atoms with van der Waals surface area (Å²) in [6.45, 7) is 13.1. The summed E-state index contributed by atoms with van der Waals surface area (Å²) in [5.74, 6) is 0.536. The molecule has 112 valence electrons. The zero-order valence-corrected chi connectivity index (χ0v) is 13.1. The third-order valence-electron chi connectivity index (χ3n) is 4.35. The van der Waals surface area contributed by atoms with Crippen molar-refractivity contribution in [2.75, 3.05) is 32.7 Å². The van der Waals surface area contributed by atoms with Gasteiger partial charge in [-0.1, -0.05) is 13.8 Å². The molecule has 0 saturated heterocycles. The van der Waals surface area contributed by atoms with Crippen LogP contribution in [0.2, 0.25) is 0 Å². The third-order valence-corrected chi connectivity index (χ3v) is 4.35. The van der Waals surface area contributed by atoms with E-state index in [1.807, 2.05) is 18.7 Å². The van der Waals surface area contributed by atoms with Gasteiger partial charge in [0.05, 0.1) is 5.54 Å². The average Bonchev–Trinajstić information content (AvgIpc) is 3.23. The van der Waals surface area contributed by atoms with E-state index in [9.17, 15) is 4.79 Å². The van der Waals surface area contributed by atoms with Gasteiger partial charge in [-0.15, -0.1) is 0 Å². The summed E-state index contributed by atoms with van der Waals surface area (Å²) in [7, 11) is 0. The maximum Gasteiger partial charge on any atom is 0.242 e. The Morgan fingerprint density at radius 2 is 1.74 bits per heavy atom. The fraction of sp³-hybridized carbons (Fsp3) is 0.933. The summed E-state index contributed by atoms with van der Waals surface area (Å²) in [5, 5.41) is 0. The summed E-state index contributed by atoms with van der Waals surface area (Å²) in [6.07, 6.45) is 3.24. The van der Waals surface area contributed by atoms with Crippen LogP contribution in [0.15, 0.2) is 0 Å². The van der Waals surface area contributed by atoms with Crippen molar-refractivity contribution < 1.29 is 4.79 Å². The number of nitrogens with zero attached hydrogens (tertiary/aromatic N) is 2. The molecule has 1 saturated carbocycles. The molecular weight excluding hydrogens is 238 g/mol. The number of nitrogens with two attached hydrogens (primary N) is 1. The summed E-state index contributed by atoms with van der Waals surface area (Å²) in [5.41, 5.74) is 5.58. The predicted octanol–water partition coefficient (Wildman–Crippen LogP) is 1.69. The molecule has 1 fully saturated rings. The topological polar surface area (TPSA) is 49.6 Å². The minimum atomic E-state index is -0.648. The van der Waals surface area contributed by atoms with Crippen LogP contribution in [0.4, 0.5) is 0 Å². The van der Waals surface area contributed by atoms with Crippen LogP contribution < -0.4 is 5.73 Å². The molecule has 1 rings (SSSR count). The molecule has 0 aromatic rings. The zero-order valence-electron chi connectivity index (χ0n) is 13.1. The lowest BCUT2D eigenvalue weighted by atomic mass is 9.95. The minimum absolute atomic E-state index is 0.136. The van der Waals surface area contributed by atoms with Crippen molar-refractivity contribution in [1.82, 2.24) is 9.80 Å². The number of rotatable bonds is 9. The fourth-order valence-electron chi connectivity index (χ4n) is 2.63. The SMILES string of the molecule is CCN(CC)CCCN(CC)C(=O)C(C)(N)C1CC1. The first kappa shape index (κ1) is 16.4. The van der Waals surface area contributed by atoms with Gasteiger partial charge in [-0.05, 0) is 58.7 Å². The number of likely N-dealkylation sites (N-methyl/N-ethyl adjacent to an activating group) is 1. The molecule has 0 bridgehead atoms. The molecule has 1 aliphatic carbocycles. The van der Waals surface area contributed by atoms with Gasteiger partial charge in [0.15, 0.2) is 0 Å². The van der Waals surface area contributed by atoms with Crippen LogP contribution >= 0.6 is 0 Å². The minimum Gasteiger partial charge on any atom is -0.341 e. The molecule has 1 aliphatic rings. The van der Waals surface area contributed by atoms with E-state index in [0.717, 1.165) is 52.0 Å². The zero-order chi connectivity index (χ0) is 14.5. The third kappa shape index (κ3) is 4.46. The van der Waals surface area contributed by atoms with E-state index in [2.05, 4.69) is 18.7 Å². The van der Waals surface area contributed by atoms with Crippen molar-refractivity contribution in [3.63, 3.8) is 0 Å². The molecule has 1 unspecified atom stereocenters. The lowest BCUT2D eigenvalue weighted by Crippen LogP contribution is -2.55. The van der Waals surface area contributed by atoms with Crippen LogP contribution in [-0.2, 0) is 4.79 Å². The van der Waals surface area contributed by atoms with Crippen molar-refractivity contribution >= 4 is 5.91 Å². The van der Waals surface area contributed by atoms with Gasteiger partial charge in [0, 0.05) is 13.1 Å². The first-order chi connectivity index (χ1) is 8.97. The molecule has 0 radical (unpaired) electrons. The van der Waals surface area contributed by atoms with Gasteiger partial charge >= 0.3 is 0 Å². The van der Waals surface area contributed by atoms with Gasteiger partial charge in [0.2, 0.25) is 5.91 Å². The molecule has 0 aliphatic heterocycles. The molecule has 1 atom stereocenters. The van der Waals surface area contributed by atoms with Crippen LogP contribution in [0.5, 0.6) is 0 Å². The van der Waals surface area contributed by atoms with Crippen molar-refractivity contribution in [2.45, 2.75) is 52.5 Å². The van der Waals surface area contributed by atoms with Gasteiger partial charge in [0.1, 0.15) is 0 Å². The second-order valence-electron chi connectivity index (χ2n) is 5.82. The van der Waals surface area contributed by atoms with E-state index in [1.54, 1.807) is 0 Å². The van der Waals surface area contributed by atoms with Crippen LogP contribution in [0.3, 0.4) is 0 Å². The molecule has 0 heterocycles. The number of amides is 1. The molecule has 0 aromatic heterocycles. The molecule has 19 heavy (non-hydrogen) atoms. The van der Waals surface area contributed by atoms with Gasteiger partial charge in [-0.3, -0.25) is 4.79 Å². The Morgan fingerprint density at radius 3 is 2.16 bits per heavy atom. The van der Waals surface area contributed by atoms with Gasteiger partial charge in [-0.25, -0.2) is 0 Å². The van der Waals surface area contributed by atoms with E-state index in [1.165, 1.54) is 0 Å². The second kappa shape index (κ2) is 7.25. The van der Waals surface area contributed by atoms with Crippen LogP contribution in [0.1, 0.15) is 47.0 Å². The maximum atomic E-state index is 12.5. The number of carbonyl (C=O) groups is 1. The highest BCUT2D eigenvalue weighted by Crippen LogP contribution is 2.38. The Kier molecular flexibility index (Phi) is 6.27. The van der Waals surface area contributed by atoms with E-state index >= 15 is 0 Å². The molecule has 4 heteroatoms. The van der Waals surface area contributed by atoms with E-state index in [4.69, 9.17) is 5.73 Å². The quantitative estimate of drug-likeness (QED) is 0.693. The second-order valence-corrected chi connectivity index (χ2v) is 5.82. The van der Waals surface area contributed by atoms with E-state index in [0.29, 0.717) is 5.92 Å². The lowest BCUT2D eigenvalue weighted by molar-refractivity contribution is -0.137. The van der Waals surface area contributed by atoms with Crippen molar-refractivity contribution in [2.24, 2.45) is 11.7 Å². The fourth-order valence-corrected chi connectivity index (χ4v) is 2.63. The number of hydrogen-bond acceptors (Lipinski definition) is 3. The van der Waals surface area contributed by atoms with Crippen LogP contribution in [0, 0.1) is 5.92 Å². The van der Waals surface area contributed by atoms with Crippen molar-refractivity contribution in [3.05, 3.63) is 0 Å². The Bertz CT molecular complexity index is 283. The summed E-state index contributed by atoms with van der Waals surface area (Å²) < 4.78 is 0. The van der Waals surface area contributed by atoms with Gasteiger partial charge < -0.3 is 15.5 Å². The monoisotopic (exact) mass is 269 g/mol. The highest BCUT2D eigenvalue weighted by molar-refractivity contribution is 5.86. The molecule has 0 spiro atoms. The molecule has 0 aromatic carbocycles. The van der Waals surface area contributed by atoms with Crippen molar-refractivity contribution in [1.29, 1.82) is 0 Å². The highest BCUT2D eigenvalue weighted by Gasteiger charge is 2.45. The van der Waals surface area contributed by atoms with Gasteiger partial charge in [-0.2, -0.15) is 0 Å². The smallest absolute Gasteiger partial charge is 0.242 e. The lowest BCUT2D eigenvalue weighted by Gasteiger charge is -2.32. The number of hydrogen-bond donors (Lipinski definition) is 1. The van der Waals surface area contributed by atoms with Crippen LogP contribution in [-0.4, -0.2) is 54.0 Å².